The molecule has 5 rings (SSSR count). The van der Waals surface area contributed by atoms with Crippen LogP contribution >= 0.6 is 0 Å². The fourth-order valence-corrected chi connectivity index (χ4v) is 4.14. The second-order valence-electron chi connectivity index (χ2n) is 8.12. The van der Waals surface area contributed by atoms with Crippen LogP contribution in [-0.4, -0.2) is 47.0 Å². The second-order valence-corrected chi connectivity index (χ2v) is 8.12. The average Bonchev–Trinajstić information content (AvgIpc) is 3.48. The zero-order chi connectivity index (χ0) is 22.9. The number of nitriles is 1. The number of aliphatic hydroxyl groups excluding tert-OH is 1. The van der Waals surface area contributed by atoms with Crippen LogP contribution < -0.4 is 11.1 Å². The minimum Gasteiger partial charge on any atom is -0.393 e. The molecule has 0 radical (unpaired) electrons. The third-order valence-electron chi connectivity index (χ3n) is 5.90. The van der Waals surface area contributed by atoms with Gasteiger partial charge >= 0.3 is 0 Å². The van der Waals surface area contributed by atoms with Gasteiger partial charge in [0.25, 0.3) is 0 Å². The molecule has 1 aliphatic carbocycles. The first kappa shape index (κ1) is 20.8. The molecule has 0 aliphatic heterocycles. The van der Waals surface area contributed by atoms with E-state index in [1.165, 1.54) is 0 Å². The van der Waals surface area contributed by atoms with Gasteiger partial charge in [-0.1, -0.05) is 6.92 Å². The zero-order valence-electron chi connectivity index (χ0n) is 18.1. The lowest BCUT2D eigenvalue weighted by Gasteiger charge is -2.17. The Morgan fingerprint density at radius 3 is 2.76 bits per heavy atom. The zero-order valence-corrected chi connectivity index (χ0v) is 18.1. The molecule has 0 saturated heterocycles. The maximum atomic E-state index is 9.90. The molecule has 1 saturated carbocycles. The van der Waals surface area contributed by atoms with Crippen molar-refractivity contribution in [2.45, 2.75) is 44.8 Å². The molecule has 4 heterocycles. The number of hydrogen-bond donors (Lipinski definition) is 3. The first-order valence-electron chi connectivity index (χ1n) is 10.9. The molecule has 0 amide bonds. The predicted octanol–water partition coefficient (Wildman–Crippen LogP) is 2.61. The molecule has 10 heteroatoms. The van der Waals surface area contributed by atoms with Gasteiger partial charge in [0.2, 0.25) is 0 Å². The quantitative estimate of drug-likeness (QED) is 0.424. The van der Waals surface area contributed by atoms with Crippen LogP contribution in [0.4, 0.5) is 11.6 Å². The van der Waals surface area contributed by atoms with Crippen molar-refractivity contribution in [1.82, 2.24) is 29.7 Å². The van der Waals surface area contributed by atoms with E-state index < -0.39 is 0 Å². The van der Waals surface area contributed by atoms with Gasteiger partial charge in [-0.3, -0.25) is 0 Å². The number of aromatic nitrogens is 6. The summed E-state index contributed by atoms with van der Waals surface area (Å²) in [5.41, 5.74) is 10.8. The standard InChI is InChI=1S/C23H23N9O/c1-2-19-23(29-14-4-6-17(33)7-14)31-20-18(11-27-22(25)21(20)30-19)13-9-28-32(12-13)16-5-3-15(8-24)26-10-16/h3,5,9-12,14,17,33H,2,4,6-7H2,1H3,(H2,25,27)(H,29,31)/t14-,17+/m1/s1. The average molecular weight is 441 g/mol. The molecule has 0 unspecified atom stereocenters. The number of nitrogens with one attached hydrogen (secondary N) is 1. The molecule has 1 fully saturated rings. The van der Waals surface area contributed by atoms with Crippen LogP contribution in [0.15, 0.2) is 36.9 Å². The smallest absolute Gasteiger partial charge is 0.151 e. The van der Waals surface area contributed by atoms with Gasteiger partial charge in [0, 0.05) is 29.6 Å². The van der Waals surface area contributed by atoms with Crippen LogP contribution in [0.1, 0.15) is 37.6 Å². The van der Waals surface area contributed by atoms with Crippen LogP contribution in [0.2, 0.25) is 0 Å². The highest BCUT2D eigenvalue weighted by molar-refractivity contribution is 5.96. The molecular weight excluding hydrogens is 418 g/mol. The van der Waals surface area contributed by atoms with E-state index in [1.807, 2.05) is 19.2 Å². The lowest BCUT2D eigenvalue weighted by molar-refractivity contribution is 0.182. The van der Waals surface area contributed by atoms with E-state index in [4.69, 9.17) is 21.0 Å². The van der Waals surface area contributed by atoms with Gasteiger partial charge in [0.1, 0.15) is 28.6 Å². The first-order chi connectivity index (χ1) is 16.1. The highest BCUT2D eigenvalue weighted by atomic mass is 16.3. The van der Waals surface area contributed by atoms with Gasteiger partial charge in [0.15, 0.2) is 5.82 Å². The lowest BCUT2D eigenvalue weighted by atomic mass is 10.1. The van der Waals surface area contributed by atoms with Crippen LogP contribution in [0.3, 0.4) is 0 Å². The maximum absolute atomic E-state index is 9.90. The van der Waals surface area contributed by atoms with E-state index in [2.05, 4.69) is 20.4 Å². The minimum atomic E-state index is -0.279. The molecular formula is C23H23N9O. The summed E-state index contributed by atoms with van der Waals surface area (Å²) in [6.45, 7) is 2.02. The summed E-state index contributed by atoms with van der Waals surface area (Å²) in [4.78, 5) is 18.1. The Morgan fingerprint density at radius 2 is 2.06 bits per heavy atom. The Hall–Kier alpha value is -4.10. The van der Waals surface area contributed by atoms with Crippen molar-refractivity contribution < 1.29 is 5.11 Å². The number of aliphatic hydroxyl groups is 1. The molecule has 166 valence electrons. The van der Waals surface area contributed by atoms with E-state index in [1.54, 1.807) is 35.4 Å². The topological polar surface area (TPSA) is 151 Å². The Bertz CT molecular complexity index is 1360. The molecule has 10 nitrogen and oxygen atoms in total. The summed E-state index contributed by atoms with van der Waals surface area (Å²) in [6, 6.07) is 5.60. The van der Waals surface area contributed by atoms with E-state index in [0.717, 1.165) is 35.3 Å². The number of rotatable bonds is 5. The van der Waals surface area contributed by atoms with Gasteiger partial charge in [-0.25, -0.2) is 24.6 Å². The van der Waals surface area contributed by atoms with Crippen LogP contribution in [-0.2, 0) is 6.42 Å². The summed E-state index contributed by atoms with van der Waals surface area (Å²) >= 11 is 0. The van der Waals surface area contributed by atoms with E-state index >= 15 is 0 Å². The van der Waals surface area contributed by atoms with E-state index in [9.17, 15) is 5.11 Å². The number of nitrogen functional groups attached to an aromatic ring is 1. The summed E-state index contributed by atoms with van der Waals surface area (Å²) in [5.74, 6) is 1.03. The molecule has 33 heavy (non-hydrogen) atoms. The fraction of sp³-hybridized carbons (Fsp3) is 0.304. The molecule has 4 aromatic heterocycles. The molecule has 4 N–H and O–H groups in total. The largest absolute Gasteiger partial charge is 0.393 e. The fourth-order valence-electron chi connectivity index (χ4n) is 4.14. The Balaban J connectivity index is 1.57. The number of nitrogens with zero attached hydrogens (tertiary/aromatic N) is 7. The second kappa shape index (κ2) is 8.44. The third kappa shape index (κ3) is 3.94. The first-order valence-corrected chi connectivity index (χ1v) is 10.9. The Morgan fingerprint density at radius 1 is 1.18 bits per heavy atom. The van der Waals surface area contributed by atoms with Gasteiger partial charge in [0.05, 0.1) is 29.9 Å². The van der Waals surface area contributed by atoms with Crippen molar-refractivity contribution >= 4 is 22.7 Å². The van der Waals surface area contributed by atoms with Crippen molar-refractivity contribution in [2.75, 3.05) is 11.1 Å². The summed E-state index contributed by atoms with van der Waals surface area (Å²) < 4.78 is 1.68. The number of hydrogen-bond acceptors (Lipinski definition) is 9. The van der Waals surface area contributed by atoms with Gasteiger partial charge in [-0.15, -0.1) is 0 Å². The number of anilines is 2. The highest BCUT2D eigenvalue weighted by Gasteiger charge is 2.24. The lowest BCUT2D eigenvalue weighted by Crippen LogP contribution is -2.19. The van der Waals surface area contributed by atoms with Crippen molar-refractivity contribution in [3.8, 4) is 22.9 Å². The molecule has 2 atom stereocenters. The van der Waals surface area contributed by atoms with Gasteiger partial charge in [-0.05, 0) is 37.8 Å². The molecule has 0 spiro atoms. The van der Waals surface area contributed by atoms with E-state index in [0.29, 0.717) is 41.2 Å². The number of nitrogens with two attached hydrogens (primary N) is 1. The normalized spacial score (nSPS) is 17.8. The monoisotopic (exact) mass is 441 g/mol. The SMILES string of the molecule is CCc1nc2c(N)ncc(-c3cnn(-c4ccc(C#N)nc4)c3)c2nc1N[C@@H]1CC[C@H](O)C1. The summed E-state index contributed by atoms with van der Waals surface area (Å²) in [6.07, 6.45) is 9.63. The van der Waals surface area contributed by atoms with Crippen LogP contribution in [0.5, 0.6) is 0 Å². The number of aryl methyl sites for hydroxylation is 1. The van der Waals surface area contributed by atoms with Crippen molar-refractivity contribution in [3.63, 3.8) is 0 Å². The summed E-state index contributed by atoms with van der Waals surface area (Å²) in [5, 5.41) is 26.8. The van der Waals surface area contributed by atoms with Crippen LogP contribution in [0, 0.1) is 11.3 Å². The van der Waals surface area contributed by atoms with Gasteiger partial charge in [-0.2, -0.15) is 10.4 Å². The summed E-state index contributed by atoms with van der Waals surface area (Å²) in [7, 11) is 0. The van der Waals surface area contributed by atoms with Crippen molar-refractivity contribution in [2.24, 2.45) is 0 Å². The highest BCUT2D eigenvalue weighted by Crippen LogP contribution is 2.32. The van der Waals surface area contributed by atoms with Gasteiger partial charge < -0.3 is 16.2 Å². The predicted molar refractivity (Wildman–Crippen MR) is 123 cm³/mol. The third-order valence-corrected chi connectivity index (χ3v) is 5.90. The Kier molecular flexibility index (Phi) is 5.32. The molecule has 1 aliphatic rings. The molecule has 4 aromatic rings. The molecule has 0 aromatic carbocycles. The van der Waals surface area contributed by atoms with Crippen molar-refractivity contribution in [1.29, 1.82) is 5.26 Å². The van der Waals surface area contributed by atoms with E-state index in [-0.39, 0.29) is 12.1 Å². The maximum Gasteiger partial charge on any atom is 0.151 e. The minimum absolute atomic E-state index is 0.159. The Labute approximate surface area is 190 Å². The van der Waals surface area contributed by atoms with Crippen LogP contribution in [0.25, 0.3) is 27.8 Å². The molecule has 0 bridgehead atoms. The van der Waals surface area contributed by atoms with Crippen molar-refractivity contribution in [3.05, 3.63) is 48.3 Å². The number of fused-ring (bicyclic) bond motifs is 1. The number of pyridine rings is 2.